The Morgan fingerprint density at radius 1 is 1.46 bits per heavy atom. The van der Waals surface area contributed by atoms with Crippen LogP contribution in [0.4, 0.5) is 13.2 Å². The van der Waals surface area contributed by atoms with Gasteiger partial charge in [0.05, 0.1) is 6.54 Å². The quantitative estimate of drug-likeness (QED) is 0.714. The first-order chi connectivity index (χ1) is 6.01. The molecule has 0 unspecified atom stereocenters. The molecule has 1 saturated heterocycles. The predicted octanol–water partition coefficient (Wildman–Crippen LogP) is 1.23. The zero-order valence-corrected chi connectivity index (χ0v) is 7.69. The summed E-state index contributed by atoms with van der Waals surface area (Å²) in [6.45, 7) is 0.304. The Morgan fingerprint density at radius 2 is 2.15 bits per heavy atom. The van der Waals surface area contributed by atoms with Gasteiger partial charge < -0.3 is 5.32 Å². The van der Waals surface area contributed by atoms with Crippen LogP contribution in [0.2, 0.25) is 0 Å². The molecule has 5 heteroatoms. The molecular weight excluding hydrogens is 181 g/mol. The van der Waals surface area contributed by atoms with Gasteiger partial charge in [-0.15, -0.1) is 0 Å². The second-order valence-corrected chi connectivity index (χ2v) is 3.48. The number of likely N-dealkylation sites (N-methyl/N-ethyl adjacent to an activating group) is 1. The van der Waals surface area contributed by atoms with Gasteiger partial charge in [-0.3, -0.25) is 4.90 Å². The van der Waals surface area contributed by atoms with Crippen molar-refractivity contribution in [2.24, 2.45) is 0 Å². The topological polar surface area (TPSA) is 15.3 Å². The summed E-state index contributed by atoms with van der Waals surface area (Å²) >= 11 is 0. The minimum Gasteiger partial charge on any atom is -0.316 e. The lowest BCUT2D eigenvalue weighted by Gasteiger charge is -2.32. The van der Waals surface area contributed by atoms with Crippen molar-refractivity contribution in [3.05, 3.63) is 0 Å². The molecule has 1 aliphatic heterocycles. The SMILES string of the molecule is CN[C@@H]1CCCN(CC(F)(F)F)C1. The molecule has 0 amide bonds. The summed E-state index contributed by atoms with van der Waals surface area (Å²) in [6.07, 6.45) is -2.23. The molecule has 0 aromatic heterocycles. The Morgan fingerprint density at radius 3 is 2.69 bits per heavy atom. The summed E-state index contributed by atoms with van der Waals surface area (Å²) in [4.78, 5) is 1.46. The van der Waals surface area contributed by atoms with Crippen LogP contribution < -0.4 is 5.32 Å². The highest BCUT2D eigenvalue weighted by Crippen LogP contribution is 2.19. The molecule has 1 aliphatic rings. The van der Waals surface area contributed by atoms with Gasteiger partial charge >= 0.3 is 6.18 Å². The number of halogens is 3. The van der Waals surface area contributed by atoms with E-state index in [-0.39, 0.29) is 6.04 Å². The minimum absolute atomic E-state index is 0.219. The van der Waals surface area contributed by atoms with Gasteiger partial charge in [-0.05, 0) is 26.4 Å². The third-order valence-corrected chi connectivity index (χ3v) is 2.32. The van der Waals surface area contributed by atoms with Gasteiger partial charge in [-0.2, -0.15) is 13.2 Å². The van der Waals surface area contributed by atoms with Gasteiger partial charge in [0.2, 0.25) is 0 Å². The van der Waals surface area contributed by atoms with E-state index in [0.29, 0.717) is 13.1 Å². The van der Waals surface area contributed by atoms with Gasteiger partial charge in [0.15, 0.2) is 0 Å². The highest BCUT2D eigenvalue weighted by atomic mass is 19.4. The number of piperidine rings is 1. The molecule has 0 radical (unpaired) electrons. The average molecular weight is 196 g/mol. The van der Waals surface area contributed by atoms with Gasteiger partial charge in [-0.25, -0.2) is 0 Å². The van der Waals surface area contributed by atoms with Crippen LogP contribution in [-0.4, -0.2) is 43.8 Å². The Bertz CT molecular complexity index is 158. The molecule has 1 atom stereocenters. The zero-order chi connectivity index (χ0) is 9.90. The van der Waals surface area contributed by atoms with Crippen molar-refractivity contribution in [3.8, 4) is 0 Å². The van der Waals surface area contributed by atoms with Crippen LogP contribution >= 0.6 is 0 Å². The van der Waals surface area contributed by atoms with Crippen LogP contribution in [0.5, 0.6) is 0 Å². The molecule has 2 nitrogen and oxygen atoms in total. The molecule has 13 heavy (non-hydrogen) atoms. The lowest BCUT2D eigenvalue weighted by atomic mass is 10.1. The summed E-state index contributed by atoms with van der Waals surface area (Å²) in [6, 6.07) is 0.219. The van der Waals surface area contributed by atoms with Crippen molar-refractivity contribution in [1.82, 2.24) is 10.2 Å². The number of hydrogen-bond donors (Lipinski definition) is 1. The monoisotopic (exact) mass is 196 g/mol. The summed E-state index contributed by atoms with van der Waals surface area (Å²) < 4.78 is 36.0. The van der Waals surface area contributed by atoms with Crippen molar-refractivity contribution >= 4 is 0 Å². The fourth-order valence-electron chi connectivity index (χ4n) is 1.69. The number of rotatable bonds is 2. The Hall–Kier alpha value is -0.290. The van der Waals surface area contributed by atoms with E-state index >= 15 is 0 Å². The predicted molar refractivity (Wildman–Crippen MR) is 44.6 cm³/mol. The number of nitrogens with zero attached hydrogens (tertiary/aromatic N) is 1. The molecule has 0 aliphatic carbocycles. The van der Waals surface area contributed by atoms with E-state index in [4.69, 9.17) is 0 Å². The van der Waals surface area contributed by atoms with E-state index in [2.05, 4.69) is 5.32 Å². The normalized spacial score (nSPS) is 26.3. The first kappa shape index (κ1) is 10.8. The number of likely N-dealkylation sites (tertiary alicyclic amines) is 1. The summed E-state index contributed by atoms with van der Waals surface area (Å²) in [5, 5.41) is 3.01. The third kappa shape index (κ3) is 3.95. The summed E-state index contributed by atoms with van der Waals surface area (Å²) in [5.74, 6) is 0. The first-order valence-electron chi connectivity index (χ1n) is 4.47. The number of nitrogens with one attached hydrogen (secondary N) is 1. The van der Waals surface area contributed by atoms with Crippen molar-refractivity contribution in [1.29, 1.82) is 0 Å². The minimum atomic E-state index is -4.06. The Labute approximate surface area is 76.1 Å². The van der Waals surface area contributed by atoms with E-state index in [1.165, 1.54) is 4.90 Å². The maximum atomic E-state index is 12.0. The van der Waals surface area contributed by atoms with E-state index in [1.54, 1.807) is 7.05 Å². The third-order valence-electron chi connectivity index (χ3n) is 2.32. The second-order valence-electron chi connectivity index (χ2n) is 3.48. The van der Waals surface area contributed by atoms with Crippen LogP contribution in [0.3, 0.4) is 0 Å². The zero-order valence-electron chi connectivity index (χ0n) is 7.69. The maximum Gasteiger partial charge on any atom is 0.401 e. The van der Waals surface area contributed by atoms with Crippen LogP contribution in [0.15, 0.2) is 0 Å². The van der Waals surface area contributed by atoms with Crippen molar-refractivity contribution in [2.45, 2.75) is 25.1 Å². The van der Waals surface area contributed by atoms with Gasteiger partial charge in [0.1, 0.15) is 0 Å². The average Bonchev–Trinajstić information content (AvgIpc) is 2.01. The molecular formula is C8H15F3N2. The van der Waals surface area contributed by atoms with Crippen molar-refractivity contribution < 1.29 is 13.2 Å². The van der Waals surface area contributed by atoms with Crippen LogP contribution in [-0.2, 0) is 0 Å². The fourth-order valence-corrected chi connectivity index (χ4v) is 1.69. The molecule has 1 rings (SSSR count). The largest absolute Gasteiger partial charge is 0.401 e. The van der Waals surface area contributed by atoms with Gasteiger partial charge in [0.25, 0.3) is 0 Å². The molecule has 0 aromatic carbocycles. The fraction of sp³-hybridized carbons (Fsp3) is 1.00. The summed E-state index contributed by atoms with van der Waals surface area (Å²) in [7, 11) is 1.79. The molecule has 0 saturated carbocycles. The van der Waals surface area contributed by atoms with Crippen LogP contribution in [0, 0.1) is 0 Å². The molecule has 1 heterocycles. The molecule has 78 valence electrons. The van der Waals surface area contributed by atoms with E-state index < -0.39 is 12.7 Å². The highest BCUT2D eigenvalue weighted by Gasteiger charge is 2.32. The second kappa shape index (κ2) is 4.28. The van der Waals surface area contributed by atoms with E-state index in [1.807, 2.05) is 0 Å². The Balaban J connectivity index is 2.34. The smallest absolute Gasteiger partial charge is 0.316 e. The van der Waals surface area contributed by atoms with Crippen LogP contribution in [0.25, 0.3) is 0 Å². The number of alkyl halides is 3. The van der Waals surface area contributed by atoms with E-state index in [0.717, 1.165) is 12.8 Å². The van der Waals surface area contributed by atoms with Crippen molar-refractivity contribution in [3.63, 3.8) is 0 Å². The van der Waals surface area contributed by atoms with Gasteiger partial charge in [-0.1, -0.05) is 0 Å². The number of hydrogen-bond acceptors (Lipinski definition) is 2. The molecule has 1 fully saturated rings. The van der Waals surface area contributed by atoms with Gasteiger partial charge in [0, 0.05) is 12.6 Å². The first-order valence-corrected chi connectivity index (χ1v) is 4.47. The standard InChI is InChI=1S/C8H15F3N2/c1-12-7-3-2-4-13(5-7)6-8(9,10)11/h7,12H,2-6H2,1H3/t7-/m1/s1. The molecule has 0 aromatic rings. The Kier molecular flexibility index (Phi) is 3.55. The van der Waals surface area contributed by atoms with Crippen LogP contribution in [0.1, 0.15) is 12.8 Å². The lowest BCUT2D eigenvalue weighted by Crippen LogP contribution is -2.47. The van der Waals surface area contributed by atoms with E-state index in [9.17, 15) is 13.2 Å². The summed E-state index contributed by atoms with van der Waals surface area (Å²) in [5.41, 5.74) is 0. The highest BCUT2D eigenvalue weighted by molar-refractivity contribution is 4.78. The van der Waals surface area contributed by atoms with Crippen molar-refractivity contribution in [2.75, 3.05) is 26.7 Å². The molecule has 0 bridgehead atoms. The lowest BCUT2D eigenvalue weighted by molar-refractivity contribution is -0.148. The molecule has 1 N–H and O–H groups in total. The maximum absolute atomic E-state index is 12.0. The molecule has 0 spiro atoms.